The number of hydrogen-bond donors (Lipinski definition) is 0. The van der Waals surface area contributed by atoms with Gasteiger partial charge in [0, 0.05) is 75.0 Å². The van der Waals surface area contributed by atoms with Gasteiger partial charge in [0.2, 0.25) is 5.95 Å². The standard InChI is InChI=1S/C39H50ClN7O3/c1-38(2,3)50-37(48)47-15-11-28(25-47)24-44-14-12-34(26-44)45-16-18-46(19-17-45)36-42-13-10-33(43-36)27-49-35-8-6-30(7-9-35)39(4,5)31-20-29(23-41)21-32(40)22-31/h6-10,13,20-22,28,34H,11-12,14-19,24-27H2,1-5H3. The molecule has 2 atom stereocenters. The molecule has 6 rings (SSSR count). The van der Waals surface area contributed by atoms with E-state index in [1.54, 1.807) is 6.07 Å². The lowest BCUT2D eigenvalue weighted by molar-refractivity contribution is 0.0285. The Balaban J connectivity index is 0.952. The normalized spacial score (nSPS) is 20.6. The largest absolute Gasteiger partial charge is 0.487 e. The van der Waals surface area contributed by atoms with Gasteiger partial charge < -0.3 is 24.2 Å². The van der Waals surface area contributed by atoms with Crippen molar-refractivity contribution in [2.24, 2.45) is 5.92 Å². The van der Waals surface area contributed by atoms with Gasteiger partial charge in [-0.1, -0.05) is 37.6 Å². The first-order valence-electron chi connectivity index (χ1n) is 17.8. The second-order valence-electron chi connectivity index (χ2n) is 15.4. The van der Waals surface area contributed by atoms with Gasteiger partial charge >= 0.3 is 6.09 Å². The van der Waals surface area contributed by atoms with E-state index in [0.29, 0.717) is 29.2 Å². The lowest BCUT2D eigenvalue weighted by atomic mass is 9.78. The molecule has 2 unspecified atom stereocenters. The minimum Gasteiger partial charge on any atom is -0.487 e. The minimum atomic E-state index is -0.455. The van der Waals surface area contributed by atoms with Crippen LogP contribution in [0.4, 0.5) is 10.7 Å². The number of benzene rings is 2. The van der Waals surface area contributed by atoms with Gasteiger partial charge in [0.05, 0.1) is 17.3 Å². The maximum Gasteiger partial charge on any atom is 0.410 e. The molecule has 4 heterocycles. The molecular formula is C39H50ClN7O3. The number of carbonyl (C=O) groups is 1. The third-order valence-electron chi connectivity index (χ3n) is 10.2. The first-order valence-corrected chi connectivity index (χ1v) is 18.2. The number of anilines is 1. The summed E-state index contributed by atoms with van der Waals surface area (Å²) in [7, 11) is 0. The van der Waals surface area contributed by atoms with Crippen molar-refractivity contribution in [1.82, 2.24) is 24.7 Å². The molecule has 266 valence electrons. The number of carbonyl (C=O) groups excluding carboxylic acids is 1. The molecule has 1 amide bonds. The summed E-state index contributed by atoms with van der Waals surface area (Å²) in [5.74, 6) is 2.03. The zero-order chi connectivity index (χ0) is 35.5. The molecule has 50 heavy (non-hydrogen) atoms. The van der Waals surface area contributed by atoms with Crippen LogP contribution in [0.2, 0.25) is 5.02 Å². The van der Waals surface area contributed by atoms with Crippen LogP contribution in [0.1, 0.15) is 69.8 Å². The maximum absolute atomic E-state index is 12.5. The highest BCUT2D eigenvalue weighted by Crippen LogP contribution is 2.34. The Morgan fingerprint density at radius 2 is 1.70 bits per heavy atom. The molecule has 0 radical (unpaired) electrons. The molecule has 3 aromatic rings. The highest BCUT2D eigenvalue weighted by Gasteiger charge is 2.35. The molecular weight excluding hydrogens is 650 g/mol. The fourth-order valence-electron chi connectivity index (χ4n) is 7.33. The number of piperazine rings is 1. The summed E-state index contributed by atoms with van der Waals surface area (Å²) >= 11 is 6.29. The van der Waals surface area contributed by atoms with Crippen LogP contribution in [0.15, 0.2) is 54.7 Å². The van der Waals surface area contributed by atoms with E-state index in [-0.39, 0.29) is 11.5 Å². The summed E-state index contributed by atoms with van der Waals surface area (Å²) in [4.78, 5) is 31.3. The fourth-order valence-corrected chi connectivity index (χ4v) is 7.56. The predicted molar refractivity (Wildman–Crippen MR) is 196 cm³/mol. The number of aromatic nitrogens is 2. The van der Waals surface area contributed by atoms with Crippen molar-refractivity contribution in [3.8, 4) is 11.8 Å². The van der Waals surface area contributed by atoms with Crippen molar-refractivity contribution in [2.75, 3.05) is 63.8 Å². The number of nitriles is 1. The zero-order valence-electron chi connectivity index (χ0n) is 30.1. The third-order valence-corrected chi connectivity index (χ3v) is 10.4. The van der Waals surface area contributed by atoms with Crippen molar-refractivity contribution >= 4 is 23.6 Å². The van der Waals surface area contributed by atoms with Crippen LogP contribution in [0.5, 0.6) is 5.75 Å². The molecule has 3 aliphatic heterocycles. The van der Waals surface area contributed by atoms with Gasteiger partial charge in [-0.25, -0.2) is 14.8 Å². The van der Waals surface area contributed by atoms with E-state index in [4.69, 9.17) is 26.1 Å². The van der Waals surface area contributed by atoms with Crippen LogP contribution in [-0.2, 0) is 16.8 Å². The lowest BCUT2D eigenvalue weighted by Gasteiger charge is -2.38. The smallest absolute Gasteiger partial charge is 0.410 e. The number of ether oxygens (including phenoxy) is 2. The first kappa shape index (κ1) is 35.9. The molecule has 0 spiro atoms. The summed E-state index contributed by atoms with van der Waals surface area (Å²) in [6.07, 6.45) is 3.87. The van der Waals surface area contributed by atoms with E-state index in [2.05, 4.69) is 51.7 Å². The van der Waals surface area contributed by atoms with Gasteiger partial charge in [0.1, 0.15) is 18.0 Å². The summed E-state index contributed by atoms with van der Waals surface area (Å²) < 4.78 is 11.7. The minimum absolute atomic E-state index is 0.183. The topological polar surface area (TPSA) is 98.1 Å². The Bertz CT molecular complexity index is 1680. The Hall–Kier alpha value is -3.91. The Morgan fingerprint density at radius 1 is 0.940 bits per heavy atom. The summed E-state index contributed by atoms with van der Waals surface area (Å²) in [5, 5.41) is 9.95. The monoisotopic (exact) mass is 699 g/mol. The van der Waals surface area contributed by atoms with Crippen LogP contribution in [-0.4, -0.2) is 101 Å². The highest BCUT2D eigenvalue weighted by atomic mass is 35.5. The molecule has 3 aliphatic rings. The van der Waals surface area contributed by atoms with Gasteiger partial charge in [0.15, 0.2) is 0 Å². The molecule has 0 bridgehead atoms. The van der Waals surface area contributed by atoms with Gasteiger partial charge in [-0.05, 0) is 93.6 Å². The molecule has 0 saturated carbocycles. The van der Waals surface area contributed by atoms with Gasteiger partial charge in [0.25, 0.3) is 0 Å². The van der Waals surface area contributed by atoms with E-state index in [1.165, 1.54) is 6.42 Å². The molecule has 0 N–H and O–H groups in total. The summed E-state index contributed by atoms with van der Waals surface area (Å²) in [6, 6.07) is 18.3. The Morgan fingerprint density at radius 3 is 2.42 bits per heavy atom. The number of hydrogen-bond acceptors (Lipinski definition) is 9. The van der Waals surface area contributed by atoms with Crippen molar-refractivity contribution in [3.05, 3.63) is 82.1 Å². The number of halogens is 1. The first-order chi connectivity index (χ1) is 23.9. The van der Waals surface area contributed by atoms with E-state index < -0.39 is 5.60 Å². The van der Waals surface area contributed by atoms with E-state index in [0.717, 1.165) is 93.8 Å². The molecule has 1 aromatic heterocycles. The van der Waals surface area contributed by atoms with Crippen LogP contribution in [0.3, 0.4) is 0 Å². The predicted octanol–water partition coefficient (Wildman–Crippen LogP) is 6.36. The summed E-state index contributed by atoms with van der Waals surface area (Å²) in [6.45, 7) is 19.0. The Kier molecular flexibility index (Phi) is 10.9. The number of nitrogens with zero attached hydrogens (tertiary/aromatic N) is 7. The van der Waals surface area contributed by atoms with Crippen LogP contribution in [0, 0.1) is 17.2 Å². The van der Waals surface area contributed by atoms with Gasteiger partial charge in [-0.15, -0.1) is 0 Å². The van der Waals surface area contributed by atoms with Crippen LogP contribution < -0.4 is 9.64 Å². The number of rotatable bonds is 9. The molecule has 3 saturated heterocycles. The van der Waals surface area contributed by atoms with Gasteiger partial charge in [-0.3, -0.25) is 4.90 Å². The lowest BCUT2D eigenvalue weighted by Crippen LogP contribution is -2.51. The average molecular weight is 700 g/mol. The maximum atomic E-state index is 12.5. The molecule has 2 aromatic carbocycles. The van der Waals surface area contributed by atoms with Crippen molar-refractivity contribution in [1.29, 1.82) is 5.26 Å². The van der Waals surface area contributed by atoms with Crippen molar-refractivity contribution < 1.29 is 14.3 Å². The zero-order valence-corrected chi connectivity index (χ0v) is 30.8. The second-order valence-corrected chi connectivity index (χ2v) is 15.9. The number of amides is 1. The fraction of sp³-hybridized carbons (Fsp3) is 0.538. The molecule has 0 aliphatic carbocycles. The third kappa shape index (κ3) is 8.87. The molecule has 11 heteroatoms. The van der Waals surface area contributed by atoms with E-state index >= 15 is 0 Å². The average Bonchev–Trinajstić information content (AvgIpc) is 3.77. The van der Waals surface area contributed by atoms with Crippen molar-refractivity contribution in [3.63, 3.8) is 0 Å². The summed E-state index contributed by atoms with van der Waals surface area (Å²) in [5.41, 5.74) is 2.70. The van der Waals surface area contributed by atoms with Crippen molar-refractivity contribution in [2.45, 2.75) is 71.1 Å². The highest BCUT2D eigenvalue weighted by molar-refractivity contribution is 6.30. The van der Waals surface area contributed by atoms with E-state index in [9.17, 15) is 10.1 Å². The van der Waals surface area contributed by atoms with E-state index in [1.807, 2.05) is 62.2 Å². The molecule has 3 fully saturated rings. The van der Waals surface area contributed by atoms with Crippen LogP contribution in [0.25, 0.3) is 0 Å². The van der Waals surface area contributed by atoms with Gasteiger partial charge in [-0.2, -0.15) is 5.26 Å². The number of likely N-dealkylation sites (tertiary alicyclic amines) is 2. The second kappa shape index (κ2) is 15.1. The SMILES string of the molecule is CC(C)(C)OC(=O)N1CCC(CN2CCC(N3CCN(c4nccc(COc5ccc(C(C)(C)c6cc(Cl)cc(C#N)c6)cc5)n4)CC3)C2)C1. The quantitative estimate of drug-likeness (QED) is 0.253. The molecule has 10 nitrogen and oxygen atoms in total. The van der Waals surface area contributed by atoms with Crippen LogP contribution >= 0.6 is 11.6 Å². The Labute approximate surface area is 301 Å².